The van der Waals surface area contributed by atoms with Crippen molar-refractivity contribution in [3.05, 3.63) is 35.9 Å². The van der Waals surface area contributed by atoms with Gasteiger partial charge in [0.2, 0.25) is 0 Å². The number of carbonyl (C=O) groups excluding carboxylic acids is 1. The van der Waals surface area contributed by atoms with Gasteiger partial charge in [-0.05, 0) is 26.7 Å². The summed E-state index contributed by atoms with van der Waals surface area (Å²) in [7, 11) is 6.69. The molecule has 1 saturated heterocycles. The number of benzene rings is 1. The first kappa shape index (κ1) is 14.4. The van der Waals surface area contributed by atoms with E-state index in [4.69, 9.17) is 4.52 Å². The Hall–Kier alpha value is -1.00. The van der Waals surface area contributed by atoms with E-state index in [-0.39, 0.29) is 11.9 Å². The highest BCUT2D eigenvalue weighted by molar-refractivity contribution is 7.47. The minimum Gasteiger partial charge on any atom is -0.357 e. The average molecular weight is 281 g/mol. The number of hydrogen-bond acceptors (Lipinski definition) is 4. The molecule has 1 unspecified atom stereocenters. The van der Waals surface area contributed by atoms with E-state index in [0.717, 1.165) is 5.56 Å². The maximum absolute atomic E-state index is 12.0. The normalized spacial score (nSPS) is 27.7. The lowest BCUT2D eigenvalue weighted by atomic mass is 10.0. The van der Waals surface area contributed by atoms with Gasteiger partial charge in [-0.1, -0.05) is 30.3 Å². The van der Waals surface area contributed by atoms with Gasteiger partial charge >= 0.3 is 0 Å². The van der Waals surface area contributed by atoms with Crippen LogP contribution in [0.5, 0.6) is 0 Å². The van der Waals surface area contributed by atoms with Gasteiger partial charge in [0.05, 0.1) is 6.04 Å². The number of rotatable bonds is 3. The van der Waals surface area contributed by atoms with Crippen molar-refractivity contribution in [2.45, 2.75) is 12.1 Å². The molecule has 6 heteroatoms. The molecule has 19 heavy (non-hydrogen) atoms. The molecule has 0 spiro atoms. The SMILES string of the molecule is CNC(=O)[C@H]1OP(N(C)C)N(C)[C@H]1c1ccccc1. The van der Waals surface area contributed by atoms with Crippen LogP contribution in [0.2, 0.25) is 0 Å². The molecule has 1 N–H and O–H groups in total. The molecule has 0 aromatic heterocycles. The van der Waals surface area contributed by atoms with E-state index in [1.165, 1.54) is 0 Å². The Morgan fingerprint density at radius 2 is 2.00 bits per heavy atom. The quantitative estimate of drug-likeness (QED) is 0.855. The molecule has 1 amide bonds. The molecule has 1 aliphatic rings. The van der Waals surface area contributed by atoms with Crippen LogP contribution in [0.1, 0.15) is 11.6 Å². The van der Waals surface area contributed by atoms with E-state index in [0.29, 0.717) is 0 Å². The number of hydrogen-bond donors (Lipinski definition) is 1. The maximum atomic E-state index is 12.0. The number of likely N-dealkylation sites (N-methyl/N-ethyl adjacent to an activating group) is 2. The lowest BCUT2D eigenvalue weighted by Crippen LogP contribution is -2.37. The Morgan fingerprint density at radius 1 is 1.37 bits per heavy atom. The zero-order chi connectivity index (χ0) is 14.0. The Kier molecular flexibility index (Phi) is 4.53. The van der Waals surface area contributed by atoms with Crippen LogP contribution in [0.15, 0.2) is 30.3 Å². The highest BCUT2D eigenvalue weighted by atomic mass is 31.2. The van der Waals surface area contributed by atoms with Crippen molar-refractivity contribution in [3.63, 3.8) is 0 Å². The zero-order valence-corrected chi connectivity index (χ0v) is 12.6. The summed E-state index contributed by atoms with van der Waals surface area (Å²) in [5.74, 6) is -0.0763. The Morgan fingerprint density at radius 3 is 2.53 bits per heavy atom. The summed E-state index contributed by atoms with van der Waals surface area (Å²) >= 11 is 0. The lowest BCUT2D eigenvalue weighted by molar-refractivity contribution is -0.127. The molecule has 3 atom stereocenters. The fourth-order valence-electron chi connectivity index (χ4n) is 2.29. The van der Waals surface area contributed by atoms with Crippen LogP contribution in [-0.2, 0) is 9.32 Å². The van der Waals surface area contributed by atoms with Gasteiger partial charge < -0.3 is 9.84 Å². The van der Waals surface area contributed by atoms with Gasteiger partial charge in [0.1, 0.15) is 0 Å². The molecule has 1 fully saturated rings. The van der Waals surface area contributed by atoms with Crippen molar-refractivity contribution in [2.75, 3.05) is 28.2 Å². The van der Waals surface area contributed by atoms with Crippen LogP contribution in [0.3, 0.4) is 0 Å². The summed E-state index contributed by atoms with van der Waals surface area (Å²) in [6.07, 6.45) is -0.467. The van der Waals surface area contributed by atoms with E-state index < -0.39 is 14.6 Å². The molecular weight excluding hydrogens is 261 g/mol. The third-order valence-electron chi connectivity index (χ3n) is 3.16. The van der Waals surface area contributed by atoms with Crippen molar-refractivity contribution >= 4 is 14.4 Å². The monoisotopic (exact) mass is 281 g/mol. The number of nitrogens with zero attached hydrogens (tertiary/aromatic N) is 2. The third kappa shape index (κ3) is 2.79. The summed E-state index contributed by atoms with van der Waals surface area (Å²) in [4.78, 5) is 12.0. The molecule has 5 nitrogen and oxygen atoms in total. The van der Waals surface area contributed by atoms with Crippen LogP contribution >= 0.6 is 8.45 Å². The fourth-order valence-corrected chi connectivity index (χ4v) is 4.07. The van der Waals surface area contributed by atoms with Crippen molar-refractivity contribution in [2.24, 2.45) is 0 Å². The highest BCUT2D eigenvalue weighted by Crippen LogP contribution is 2.56. The number of nitrogens with one attached hydrogen (secondary N) is 1. The van der Waals surface area contributed by atoms with Gasteiger partial charge in [0, 0.05) is 7.05 Å². The Bertz CT molecular complexity index is 441. The first-order valence-electron chi connectivity index (χ1n) is 6.19. The van der Waals surface area contributed by atoms with Crippen molar-refractivity contribution in [1.82, 2.24) is 14.7 Å². The number of carbonyl (C=O) groups is 1. The summed E-state index contributed by atoms with van der Waals surface area (Å²) in [5, 5.41) is 2.69. The first-order chi connectivity index (χ1) is 9.06. The van der Waals surface area contributed by atoms with Crippen LogP contribution in [0, 0.1) is 0 Å². The predicted molar refractivity (Wildman–Crippen MR) is 76.5 cm³/mol. The maximum Gasteiger partial charge on any atom is 0.251 e. The molecule has 1 heterocycles. The largest absolute Gasteiger partial charge is 0.357 e. The van der Waals surface area contributed by atoms with E-state index in [1.807, 2.05) is 56.1 Å². The topological polar surface area (TPSA) is 44.8 Å². The van der Waals surface area contributed by atoms with Crippen molar-refractivity contribution in [1.29, 1.82) is 0 Å². The van der Waals surface area contributed by atoms with Gasteiger partial charge in [-0.3, -0.25) is 9.46 Å². The van der Waals surface area contributed by atoms with Gasteiger partial charge in [0.25, 0.3) is 5.91 Å². The van der Waals surface area contributed by atoms with Gasteiger partial charge in [0.15, 0.2) is 14.6 Å². The molecule has 1 aromatic carbocycles. The smallest absolute Gasteiger partial charge is 0.251 e. The second-order valence-electron chi connectivity index (χ2n) is 4.67. The average Bonchev–Trinajstić information content (AvgIpc) is 2.76. The molecule has 0 saturated carbocycles. The van der Waals surface area contributed by atoms with Crippen LogP contribution < -0.4 is 5.32 Å². The van der Waals surface area contributed by atoms with Crippen LogP contribution in [0.4, 0.5) is 0 Å². The predicted octanol–water partition coefficient (Wildman–Crippen LogP) is 1.59. The van der Waals surface area contributed by atoms with E-state index in [2.05, 4.69) is 9.99 Å². The Labute approximate surface area is 115 Å². The van der Waals surface area contributed by atoms with Crippen LogP contribution in [0.25, 0.3) is 0 Å². The van der Waals surface area contributed by atoms with Crippen LogP contribution in [-0.4, -0.2) is 49.5 Å². The second-order valence-corrected chi connectivity index (χ2v) is 6.82. The number of amides is 1. The summed E-state index contributed by atoms with van der Waals surface area (Å²) in [6.45, 7) is 0. The molecule has 2 rings (SSSR count). The molecule has 0 bridgehead atoms. The Balaban J connectivity index is 2.33. The lowest BCUT2D eigenvalue weighted by Gasteiger charge is -2.26. The van der Waals surface area contributed by atoms with Crippen molar-refractivity contribution < 1.29 is 9.32 Å². The standard InChI is InChI=1S/C13H20N3O2P/c1-14-13(17)12-11(10-8-6-5-7-9-10)16(4)19(18-12)15(2)3/h5-9,11-12H,1-4H3,(H,14,17)/t11-,12-,19?/m0/s1. The highest BCUT2D eigenvalue weighted by Gasteiger charge is 2.46. The summed E-state index contributed by atoms with van der Waals surface area (Å²) in [6, 6.07) is 9.97. The molecule has 1 aromatic rings. The third-order valence-corrected chi connectivity index (χ3v) is 5.04. The first-order valence-corrected chi connectivity index (χ1v) is 7.36. The molecular formula is C13H20N3O2P. The minimum absolute atomic E-state index is 0.0466. The van der Waals surface area contributed by atoms with E-state index >= 15 is 0 Å². The molecule has 0 radical (unpaired) electrons. The van der Waals surface area contributed by atoms with Crippen molar-refractivity contribution in [3.8, 4) is 0 Å². The zero-order valence-electron chi connectivity index (χ0n) is 11.7. The summed E-state index contributed by atoms with van der Waals surface area (Å²) in [5.41, 5.74) is 1.10. The second kappa shape index (κ2) is 5.97. The van der Waals surface area contributed by atoms with Gasteiger partial charge in [-0.2, -0.15) is 0 Å². The molecule has 104 valence electrons. The fraction of sp³-hybridized carbons (Fsp3) is 0.462. The van der Waals surface area contributed by atoms with E-state index in [1.54, 1.807) is 7.05 Å². The van der Waals surface area contributed by atoms with E-state index in [9.17, 15) is 4.79 Å². The molecule has 1 aliphatic heterocycles. The van der Waals surface area contributed by atoms with Gasteiger partial charge in [-0.15, -0.1) is 0 Å². The van der Waals surface area contributed by atoms with Gasteiger partial charge in [-0.25, -0.2) is 4.67 Å². The summed E-state index contributed by atoms with van der Waals surface area (Å²) < 4.78 is 10.1. The molecule has 0 aliphatic carbocycles. The minimum atomic E-state index is -0.900.